The molecule has 5 rings (SSSR count). The van der Waals surface area contributed by atoms with E-state index in [1.54, 1.807) is 24.3 Å². The molecule has 2 aromatic heterocycles. The van der Waals surface area contributed by atoms with Crippen molar-refractivity contribution < 1.29 is 18.7 Å². The maximum Gasteiger partial charge on any atom is 0.379 e. The van der Waals surface area contributed by atoms with Crippen LogP contribution in [0.5, 0.6) is 5.75 Å². The number of furan rings is 1. The van der Waals surface area contributed by atoms with Crippen LogP contribution >= 0.6 is 59.4 Å². The molecule has 0 radical (unpaired) electrons. The number of rotatable bonds is 6. The molecular weight excluding hydrogens is 705 g/mol. The second-order valence-corrected chi connectivity index (χ2v) is 11.0. The number of aromatic amines is 1. The summed E-state index contributed by atoms with van der Waals surface area (Å²) >= 11 is 16.8. The second kappa shape index (κ2) is 11.3. The zero-order valence-corrected chi connectivity index (χ0v) is 24.6. The van der Waals surface area contributed by atoms with Crippen LogP contribution in [0.4, 0.5) is 0 Å². The lowest BCUT2D eigenvalue weighted by atomic mass is 10.0. The zero-order chi connectivity index (χ0) is 26.8. The van der Waals surface area contributed by atoms with Crippen LogP contribution in [0.2, 0.25) is 5.02 Å². The molecule has 11 heteroatoms. The molecule has 0 aliphatic heterocycles. The van der Waals surface area contributed by atoms with Gasteiger partial charge in [-0.1, -0.05) is 73.8 Å². The number of hydrazone groups is 1. The van der Waals surface area contributed by atoms with Crippen LogP contribution in [0.3, 0.4) is 0 Å². The van der Waals surface area contributed by atoms with E-state index in [1.165, 1.54) is 18.5 Å². The molecule has 7 nitrogen and oxygen atoms in total. The third kappa shape index (κ3) is 5.49. The van der Waals surface area contributed by atoms with E-state index >= 15 is 0 Å². The Bertz CT molecular complexity index is 1700. The van der Waals surface area contributed by atoms with Crippen molar-refractivity contribution in [3.05, 3.63) is 108 Å². The van der Waals surface area contributed by atoms with Crippen LogP contribution in [0.1, 0.15) is 26.6 Å². The van der Waals surface area contributed by atoms with Gasteiger partial charge in [-0.05, 0) is 57.9 Å². The molecule has 0 aliphatic rings. The number of H-pyrrole nitrogens is 1. The molecule has 0 unspecified atom stereocenters. The summed E-state index contributed by atoms with van der Waals surface area (Å²) in [5, 5.41) is 5.39. The van der Waals surface area contributed by atoms with Crippen LogP contribution < -0.4 is 10.2 Å². The Morgan fingerprint density at radius 1 is 1.00 bits per heavy atom. The number of nitrogens with one attached hydrogen (secondary N) is 2. The van der Waals surface area contributed by atoms with Gasteiger partial charge in [-0.15, -0.1) is 0 Å². The number of carbonyl (C=O) groups is 2. The molecule has 5 aromatic rings. The van der Waals surface area contributed by atoms with Gasteiger partial charge in [-0.3, -0.25) is 4.79 Å². The van der Waals surface area contributed by atoms with Gasteiger partial charge in [-0.2, -0.15) is 5.10 Å². The van der Waals surface area contributed by atoms with Crippen LogP contribution in [-0.2, 0) is 0 Å². The summed E-state index contributed by atoms with van der Waals surface area (Å²) in [7, 11) is 0. The maximum atomic E-state index is 13.3. The van der Waals surface area contributed by atoms with Crippen molar-refractivity contribution in [2.45, 2.75) is 0 Å². The summed E-state index contributed by atoms with van der Waals surface area (Å²) in [4.78, 5) is 28.9. The summed E-state index contributed by atoms with van der Waals surface area (Å²) < 4.78 is 12.6. The van der Waals surface area contributed by atoms with Gasteiger partial charge in [0.2, 0.25) is 5.76 Å². The highest BCUT2D eigenvalue weighted by atomic mass is 79.9. The number of hydrogen-bond acceptors (Lipinski definition) is 5. The Kier molecular flexibility index (Phi) is 7.85. The molecule has 1 amide bonds. The van der Waals surface area contributed by atoms with Gasteiger partial charge in [-0.25, -0.2) is 10.2 Å². The van der Waals surface area contributed by atoms with Crippen molar-refractivity contribution in [2.24, 2.45) is 5.10 Å². The third-order valence-corrected chi connectivity index (χ3v) is 7.24. The van der Waals surface area contributed by atoms with Crippen LogP contribution in [-0.4, -0.2) is 23.1 Å². The fourth-order valence-electron chi connectivity index (χ4n) is 3.83. The molecule has 3 aromatic carbocycles. The lowest BCUT2D eigenvalue weighted by Gasteiger charge is -2.09. The molecular formula is C27H15Br3ClN3O4. The molecule has 0 bridgehead atoms. The molecule has 0 saturated heterocycles. The van der Waals surface area contributed by atoms with Gasteiger partial charge in [0.05, 0.1) is 27.5 Å². The van der Waals surface area contributed by atoms with Crippen molar-refractivity contribution in [2.75, 3.05) is 0 Å². The lowest BCUT2D eigenvalue weighted by Crippen LogP contribution is -2.19. The number of carbonyl (C=O) groups excluding carboxylic acids is 2. The molecule has 0 saturated carbocycles. The predicted octanol–water partition coefficient (Wildman–Crippen LogP) is 8.35. The van der Waals surface area contributed by atoms with Crippen molar-refractivity contribution in [3.63, 3.8) is 0 Å². The van der Waals surface area contributed by atoms with E-state index in [-0.39, 0.29) is 11.5 Å². The summed E-state index contributed by atoms with van der Waals surface area (Å²) in [6.45, 7) is 0. The number of hydrogen-bond donors (Lipinski definition) is 2. The Labute approximate surface area is 246 Å². The number of esters is 1. The molecule has 38 heavy (non-hydrogen) atoms. The fourth-order valence-corrected chi connectivity index (χ4v) is 6.03. The summed E-state index contributed by atoms with van der Waals surface area (Å²) in [6.07, 6.45) is 2.76. The first-order valence-corrected chi connectivity index (χ1v) is 13.7. The Hall–Kier alpha value is -3.18. The molecule has 0 atom stereocenters. The average molecular weight is 721 g/mol. The number of aromatic nitrogens is 1. The monoisotopic (exact) mass is 717 g/mol. The van der Waals surface area contributed by atoms with E-state index in [4.69, 9.17) is 20.8 Å². The standard InChI is InChI=1S/C27H15Br3ClN3O4/c28-16-9-15(25(19(30)11-16)38-27(36)21-7-4-8-37-21)13-32-34-26(35)24-22(14-5-2-1-3-6-14)18-10-17(29)12-20(31)23(18)33-24/h1-13,33H,(H,34,35). The topological polar surface area (TPSA) is 96.7 Å². The molecule has 0 aliphatic carbocycles. The quantitative estimate of drug-likeness (QED) is 0.0798. The predicted molar refractivity (Wildman–Crippen MR) is 157 cm³/mol. The van der Waals surface area contributed by atoms with E-state index in [0.29, 0.717) is 36.3 Å². The Balaban J connectivity index is 1.47. The first-order valence-electron chi connectivity index (χ1n) is 11.0. The van der Waals surface area contributed by atoms with Crippen molar-refractivity contribution in [3.8, 4) is 16.9 Å². The van der Waals surface area contributed by atoms with Crippen LogP contribution in [0, 0.1) is 0 Å². The van der Waals surface area contributed by atoms with Gasteiger partial charge in [0.25, 0.3) is 5.91 Å². The van der Waals surface area contributed by atoms with Gasteiger partial charge in [0, 0.05) is 25.5 Å². The highest BCUT2D eigenvalue weighted by Crippen LogP contribution is 2.38. The number of amides is 1. The summed E-state index contributed by atoms with van der Waals surface area (Å²) in [5.41, 5.74) is 5.44. The van der Waals surface area contributed by atoms with E-state index < -0.39 is 11.9 Å². The smallest absolute Gasteiger partial charge is 0.379 e. The first-order chi connectivity index (χ1) is 18.3. The largest absolute Gasteiger partial charge is 0.457 e. The molecule has 2 heterocycles. The maximum absolute atomic E-state index is 13.3. The third-order valence-electron chi connectivity index (χ3n) is 5.44. The van der Waals surface area contributed by atoms with Gasteiger partial charge < -0.3 is 14.1 Å². The van der Waals surface area contributed by atoms with Gasteiger partial charge >= 0.3 is 5.97 Å². The summed E-state index contributed by atoms with van der Waals surface area (Å²) in [5.74, 6) is -0.898. The fraction of sp³-hybridized carbons (Fsp3) is 0. The number of nitrogens with zero attached hydrogens (tertiary/aromatic N) is 1. The average Bonchev–Trinajstić information content (AvgIpc) is 3.55. The van der Waals surface area contributed by atoms with E-state index in [2.05, 4.69) is 63.3 Å². The SMILES string of the molecule is O=C(Oc1c(Br)cc(Br)cc1C=NNC(=O)c1[nH]c2c(Cl)cc(Br)cc2c1-c1ccccc1)c1ccco1. The van der Waals surface area contributed by atoms with Crippen molar-refractivity contribution in [1.82, 2.24) is 10.4 Å². The van der Waals surface area contributed by atoms with Crippen LogP contribution in [0.25, 0.3) is 22.0 Å². The summed E-state index contributed by atoms with van der Waals surface area (Å²) in [6, 6.07) is 19.7. The van der Waals surface area contributed by atoms with Gasteiger partial charge in [0.1, 0.15) is 5.69 Å². The number of benzene rings is 3. The minimum Gasteiger partial charge on any atom is -0.457 e. The van der Waals surface area contributed by atoms with E-state index in [1.807, 2.05) is 36.4 Å². The number of fused-ring (bicyclic) bond motifs is 1. The van der Waals surface area contributed by atoms with Crippen molar-refractivity contribution >= 4 is 88.4 Å². The normalized spacial score (nSPS) is 11.3. The van der Waals surface area contributed by atoms with Crippen LogP contribution in [0.15, 0.2) is 95.9 Å². The molecule has 2 N–H and O–H groups in total. The minimum absolute atomic E-state index is 0.0496. The zero-order valence-electron chi connectivity index (χ0n) is 19.1. The first kappa shape index (κ1) is 26.4. The highest BCUT2D eigenvalue weighted by Gasteiger charge is 2.21. The minimum atomic E-state index is -0.676. The highest BCUT2D eigenvalue weighted by molar-refractivity contribution is 9.11. The molecule has 0 fully saturated rings. The molecule has 0 spiro atoms. The Morgan fingerprint density at radius 3 is 2.50 bits per heavy atom. The second-order valence-electron chi connectivity index (χ2n) is 7.92. The van der Waals surface area contributed by atoms with E-state index in [0.717, 1.165) is 15.4 Å². The Morgan fingerprint density at radius 2 is 1.76 bits per heavy atom. The number of ether oxygens (including phenoxy) is 1. The number of halogens is 4. The molecule has 190 valence electrons. The van der Waals surface area contributed by atoms with Crippen molar-refractivity contribution in [1.29, 1.82) is 0 Å². The van der Waals surface area contributed by atoms with Gasteiger partial charge in [0.15, 0.2) is 5.75 Å². The lowest BCUT2D eigenvalue weighted by molar-refractivity contribution is 0.0699. The van der Waals surface area contributed by atoms with E-state index in [9.17, 15) is 9.59 Å².